The number of esters is 3. The summed E-state index contributed by atoms with van der Waals surface area (Å²) in [5.41, 5.74) is -0.565. The first kappa shape index (κ1) is 34.8. The van der Waals surface area contributed by atoms with Gasteiger partial charge >= 0.3 is 23.8 Å². The molecule has 1 amide bonds. The largest absolute Gasteiger partial charge is 0.457 e. The molecule has 0 radical (unpaired) electrons. The molecule has 3 aliphatic carbocycles. The van der Waals surface area contributed by atoms with E-state index in [-0.39, 0.29) is 43.2 Å². The van der Waals surface area contributed by atoms with Gasteiger partial charge in [-0.05, 0) is 49.8 Å². The second-order valence-corrected chi connectivity index (χ2v) is 13.3. The van der Waals surface area contributed by atoms with Gasteiger partial charge in [0, 0.05) is 56.6 Å². The highest BCUT2D eigenvalue weighted by molar-refractivity contribution is 6.32. The number of methoxy groups -OCH3 is 2. The van der Waals surface area contributed by atoms with Crippen molar-refractivity contribution in [3.63, 3.8) is 0 Å². The molecule has 0 bridgehead atoms. The number of aliphatic hydroxyl groups excluding tert-OH is 1. The third kappa shape index (κ3) is 6.26. The summed E-state index contributed by atoms with van der Waals surface area (Å²) in [6.45, 7) is 7.30. The molecule has 1 aromatic rings. The first-order valence-electron chi connectivity index (χ1n) is 16.2. The molecule has 3 unspecified atom stereocenters. The molecule has 47 heavy (non-hydrogen) atoms. The zero-order valence-electron chi connectivity index (χ0n) is 27.6. The normalized spacial score (nSPS) is 39.4. The van der Waals surface area contributed by atoms with Gasteiger partial charge in [-0.15, -0.1) is 0 Å². The Labute approximate surface area is 274 Å². The summed E-state index contributed by atoms with van der Waals surface area (Å²) in [5, 5.41) is 26.7. The van der Waals surface area contributed by atoms with Crippen LogP contribution in [0.15, 0.2) is 42.1 Å². The fourth-order valence-corrected chi connectivity index (χ4v) is 8.37. The number of cyclic esters (lactones) is 1. The molecule has 0 spiro atoms. The summed E-state index contributed by atoms with van der Waals surface area (Å²) >= 11 is 0. The van der Waals surface area contributed by atoms with Crippen LogP contribution in [-0.2, 0) is 38.1 Å². The molecule has 0 aromatic carbocycles. The van der Waals surface area contributed by atoms with Crippen molar-refractivity contribution < 1.29 is 53.1 Å². The molecular formula is C34H46N2O11. The van der Waals surface area contributed by atoms with Gasteiger partial charge < -0.3 is 44.2 Å². The highest BCUT2D eigenvalue weighted by Gasteiger charge is 2.71. The van der Waals surface area contributed by atoms with Crippen LogP contribution in [-0.4, -0.2) is 103 Å². The summed E-state index contributed by atoms with van der Waals surface area (Å²) < 4.78 is 27.7. The van der Waals surface area contributed by atoms with Crippen LogP contribution in [0, 0.1) is 41.4 Å². The Kier molecular flexibility index (Phi) is 10.3. The number of rotatable bonds is 8. The van der Waals surface area contributed by atoms with E-state index in [1.807, 2.05) is 26.0 Å². The van der Waals surface area contributed by atoms with Crippen LogP contribution in [0.3, 0.4) is 0 Å². The van der Waals surface area contributed by atoms with Crippen molar-refractivity contribution in [3.8, 4) is 0 Å². The van der Waals surface area contributed by atoms with Crippen LogP contribution in [0.5, 0.6) is 0 Å². The fraction of sp³-hybridized carbons (Fsp3) is 0.647. The van der Waals surface area contributed by atoms with Crippen molar-refractivity contribution in [2.75, 3.05) is 27.4 Å². The quantitative estimate of drug-likeness (QED) is 0.105. The molecule has 4 N–H and O–H groups in total. The minimum Gasteiger partial charge on any atom is -0.457 e. The second-order valence-electron chi connectivity index (χ2n) is 13.3. The van der Waals surface area contributed by atoms with Crippen LogP contribution in [0.1, 0.15) is 44.6 Å². The van der Waals surface area contributed by atoms with Crippen molar-refractivity contribution in [1.82, 2.24) is 10.3 Å². The number of hydrogen-bond donors (Lipinski definition) is 4. The number of allylic oxidation sites excluding steroid dienone is 1. The van der Waals surface area contributed by atoms with Gasteiger partial charge in [-0.1, -0.05) is 32.1 Å². The number of amides is 1. The van der Waals surface area contributed by atoms with E-state index in [0.29, 0.717) is 11.3 Å². The summed E-state index contributed by atoms with van der Waals surface area (Å²) in [4.78, 5) is 54.0. The lowest BCUT2D eigenvalue weighted by molar-refractivity contribution is -0.189. The van der Waals surface area contributed by atoms with E-state index >= 15 is 0 Å². The molecule has 1 aliphatic heterocycles. The first-order chi connectivity index (χ1) is 22.3. The van der Waals surface area contributed by atoms with Gasteiger partial charge in [0.25, 0.3) is 0 Å². The molecule has 4 aliphatic rings. The first-order valence-corrected chi connectivity index (χ1v) is 16.2. The monoisotopic (exact) mass is 658 g/mol. The number of carbonyl (C=O) groups excluding carboxylic acids is 4. The minimum atomic E-state index is -1.49. The van der Waals surface area contributed by atoms with Crippen molar-refractivity contribution >= 4 is 23.8 Å². The van der Waals surface area contributed by atoms with Gasteiger partial charge in [-0.2, -0.15) is 0 Å². The van der Waals surface area contributed by atoms with Gasteiger partial charge in [0.15, 0.2) is 6.10 Å². The lowest BCUT2D eigenvalue weighted by Crippen LogP contribution is -2.65. The number of H-pyrrole nitrogens is 1. The number of hydrogen-bond acceptors (Lipinski definition) is 11. The lowest BCUT2D eigenvalue weighted by Gasteiger charge is -2.61. The molecule has 0 saturated heterocycles. The number of aromatic amines is 1. The highest BCUT2D eigenvalue weighted by atomic mass is 16.6. The minimum absolute atomic E-state index is 0.0855. The Bertz CT molecular complexity index is 1390. The second kappa shape index (κ2) is 13.9. The molecule has 258 valence electrons. The van der Waals surface area contributed by atoms with Gasteiger partial charge in [-0.25, -0.2) is 14.4 Å². The van der Waals surface area contributed by atoms with E-state index in [4.69, 9.17) is 23.7 Å². The van der Waals surface area contributed by atoms with Crippen LogP contribution >= 0.6 is 0 Å². The molecule has 2 heterocycles. The maximum absolute atomic E-state index is 13.5. The van der Waals surface area contributed by atoms with Gasteiger partial charge in [0.2, 0.25) is 0 Å². The van der Waals surface area contributed by atoms with Crippen LogP contribution in [0.25, 0.3) is 0 Å². The van der Waals surface area contributed by atoms with E-state index in [2.05, 4.69) is 10.3 Å². The van der Waals surface area contributed by atoms with Crippen LogP contribution in [0.2, 0.25) is 0 Å². The molecule has 2 saturated carbocycles. The average Bonchev–Trinajstić information content (AvgIpc) is 3.63. The van der Waals surface area contributed by atoms with Crippen molar-refractivity contribution in [1.29, 1.82) is 0 Å². The molecule has 13 nitrogen and oxygen atoms in total. The summed E-state index contributed by atoms with van der Waals surface area (Å²) in [6.07, 6.45) is 2.92. The SMILES string of the molecule is COCCNC(=O)C(=O)O[C@H](C)[C@H]1OC(=O)[C@@H](OC)C[C@H]2C=CC3C(C4[C@H]3[C@H](OC(=O)c3ccc[nH]3)[C@H](C)[C@H]4O)[C@]2(O)/C(C)=C/[C@H]1C. The third-order valence-corrected chi connectivity index (χ3v) is 10.7. The number of nitrogens with one attached hydrogen (secondary N) is 2. The van der Waals surface area contributed by atoms with Gasteiger partial charge in [-0.3, -0.25) is 4.79 Å². The maximum atomic E-state index is 13.5. The maximum Gasteiger partial charge on any atom is 0.397 e. The Morgan fingerprint density at radius 1 is 1.19 bits per heavy atom. The Morgan fingerprint density at radius 2 is 1.94 bits per heavy atom. The Morgan fingerprint density at radius 3 is 2.60 bits per heavy atom. The smallest absolute Gasteiger partial charge is 0.397 e. The molecule has 13 atom stereocenters. The summed E-state index contributed by atoms with van der Waals surface area (Å²) in [7, 11) is 2.85. The molecule has 13 heteroatoms. The predicted molar refractivity (Wildman–Crippen MR) is 165 cm³/mol. The van der Waals surface area contributed by atoms with Crippen LogP contribution in [0.4, 0.5) is 0 Å². The number of aromatic nitrogens is 1. The zero-order chi connectivity index (χ0) is 34.2. The molecule has 1 aromatic heterocycles. The van der Waals surface area contributed by atoms with Gasteiger partial charge in [0.1, 0.15) is 24.0 Å². The topological polar surface area (TPSA) is 183 Å². The van der Waals surface area contributed by atoms with E-state index in [9.17, 15) is 29.4 Å². The Balaban J connectivity index is 1.43. The number of fused-ring (bicyclic) bond motifs is 6. The van der Waals surface area contributed by atoms with Crippen molar-refractivity contribution in [3.05, 3.63) is 47.8 Å². The van der Waals surface area contributed by atoms with Crippen LogP contribution < -0.4 is 5.32 Å². The third-order valence-electron chi connectivity index (χ3n) is 10.7. The number of ether oxygens (including phenoxy) is 5. The fourth-order valence-electron chi connectivity index (χ4n) is 8.37. The van der Waals surface area contributed by atoms with E-state index in [0.717, 1.165) is 0 Å². The van der Waals surface area contributed by atoms with E-state index in [1.165, 1.54) is 21.1 Å². The van der Waals surface area contributed by atoms with Crippen molar-refractivity contribution in [2.45, 2.75) is 70.2 Å². The lowest BCUT2D eigenvalue weighted by atomic mass is 9.46. The summed E-state index contributed by atoms with van der Waals surface area (Å²) in [5.74, 6) is -6.01. The predicted octanol–water partition coefficient (Wildman–Crippen LogP) is 1.55. The van der Waals surface area contributed by atoms with E-state index < -0.39 is 77.7 Å². The molecular weight excluding hydrogens is 612 g/mol. The van der Waals surface area contributed by atoms with Crippen molar-refractivity contribution in [2.24, 2.45) is 41.4 Å². The Hall–Kier alpha value is -3.52. The van der Waals surface area contributed by atoms with E-state index in [1.54, 1.807) is 31.3 Å². The highest BCUT2D eigenvalue weighted by Crippen LogP contribution is 2.66. The molecule has 5 rings (SSSR count). The number of aliphatic hydroxyl groups is 2. The zero-order valence-corrected chi connectivity index (χ0v) is 27.6. The molecule has 2 fully saturated rings. The number of carbonyl (C=O) groups is 4. The van der Waals surface area contributed by atoms with Gasteiger partial charge in [0.05, 0.1) is 18.3 Å². The summed E-state index contributed by atoms with van der Waals surface area (Å²) in [6, 6.07) is 3.34. The standard InChI is InChI=1S/C34H46N2O11/c1-16-14-17(2)34(42)20(15-23(44-6)32(40)46-28(16)19(4)45-33(41)30(38)36-12-13-43-5)9-10-21-24-25(26(21)34)27(37)18(3)29(24)47-31(39)22-8-7-11-35-22/h7-11,14,16,18-21,23-29,35,37,42H,12-13,15H2,1-6H3,(H,36,38)/b17-14+/t16-,18-,19-,20-,21?,23+,24+,25?,26?,27-,28+,29-,34+/m1/s1. The average molecular weight is 659 g/mol.